The molecule has 0 spiro atoms. The highest BCUT2D eigenvalue weighted by Crippen LogP contribution is 2.28. The van der Waals surface area contributed by atoms with E-state index in [9.17, 15) is 0 Å². The van der Waals surface area contributed by atoms with Gasteiger partial charge in [-0.15, -0.1) is 0 Å². The van der Waals surface area contributed by atoms with Gasteiger partial charge in [-0.3, -0.25) is 5.41 Å². The van der Waals surface area contributed by atoms with Crippen molar-refractivity contribution in [2.45, 2.75) is 13.8 Å². The normalized spacial score (nSPS) is 10.7. The Labute approximate surface area is 98.8 Å². The Kier molecular flexibility index (Phi) is 2.56. The average Bonchev–Trinajstić information content (AvgIpc) is 2.22. The molecule has 82 valence electrons. The standard InChI is InChI=1S/C12H12ClN3/c1-6-3-4-7(2)11-10(6)8(13)5-9(16-11)12(14)15/h3-5H,1-2H3,(H3,14,15). The van der Waals surface area contributed by atoms with Crippen LogP contribution in [0.2, 0.25) is 5.02 Å². The largest absolute Gasteiger partial charge is 0.382 e. The monoisotopic (exact) mass is 233 g/mol. The van der Waals surface area contributed by atoms with Gasteiger partial charge >= 0.3 is 0 Å². The Hall–Kier alpha value is -1.61. The zero-order valence-electron chi connectivity index (χ0n) is 9.13. The maximum absolute atomic E-state index is 7.39. The molecular weight excluding hydrogens is 222 g/mol. The van der Waals surface area contributed by atoms with Gasteiger partial charge in [-0.2, -0.15) is 0 Å². The number of benzene rings is 1. The second-order valence-electron chi connectivity index (χ2n) is 3.83. The van der Waals surface area contributed by atoms with Crippen molar-refractivity contribution in [3.05, 3.63) is 40.0 Å². The zero-order chi connectivity index (χ0) is 11.9. The van der Waals surface area contributed by atoms with Gasteiger partial charge in [0.1, 0.15) is 11.5 Å². The third-order valence-electron chi connectivity index (χ3n) is 2.60. The summed E-state index contributed by atoms with van der Waals surface area (Å²) in [6.45, 7) is 3.96. The van der Waals surface area contributed by atoms with E-state index in [0.717, 1.165) is 22.0 Å². The number of halogens is 1. The lowest BCUT2D eigenvalue weighted by atomic mass is 10.0. The summed E-state index contributed by atoms with van der Waals surface area (Å²) >= 11 is 6.19. The number of aromatic nitrogens is 1. The number of nitrogens with zero attached hydrogens (tertiary/aromatic N) is 1. The number of hydrogen-bond acceptors (Lipinski definition) is 2. The molecular formula is C12H12ClN3. The smallest absolute Gasteiger partial charge is 0.141 e. The number of rotatable bonds is 1. The number of amidine groups is 1. The van der Waals surface area contributed by atoms with Gasteiger partial charge in [-0.05, 0) is 31.0 Å². The maximum atomic E-state index is 7.39. The first-order chi connectivity index (χ1) is 7.50. The molecule has 1 aromatic heterocycles. The minimum Gasteiger partial charge on any atom is -0.382 e. The average molecular weight is 234 g/mol. The lowest BCUT2D eigenvalue weighted by molar-refractivity contribution is 1.28. The summed E-state index contributed by atoms with van der Waals surface area (Å²) in [5, 5.41) is 8.92. The zero-order valence-corrected chi connectivity index (χ0v) is 9.89. The molecule has 16 heavy (non-hydrogen) atoms. The molecule has 0 saturated heterocycles. The van der Waals surface area contributed by atoms with E-state index < -0.39 is 0 Å². The molecule has 0 radical (unpaired) electrons. The third-order valence-corrected chi connectivity index (χ3v) is 2.90. The van der Waals surface area contributed by atoms with Crippen LogP contribution in [0.1, 0.15) is 16.8 Å². The number of hydrogen-bond donors (Lipinski definition) is 2. The molecule has 0 saturated carbocycles. The number of aryl methyl sites for hydroxylation is 2. The van der Waals surface area contributed by atoms with Gasteiger partial charge in [0, 0.05) is 5.39 Å². The van der Waals surface area contributed by atoms with Crippen molar-refractivity contribution in [1.29, 1.82) is 5.41 Å². The van der Waals surface area contributed by atoms with Crippen molar-refractivity contribution in [3.8, 4) is 0 Å². The molecule has 4 heteroatoms. The Morgan fingerprint density at radius 1 is 1.31 bits per heavy atom. The highest BCUT2D eigenvalue weighted by atomic mass is 35.5. The van der Waals surface area contributed by atoms with Crippen LogP contribution in [0.3, 0.4) is 0 Å². The van der Waals surface area contributed by atoms with E-state index in [2.05, 4.69) is 4.98 Å². The van der Waals surface area contributed by atoms with Crippen LogP contribution in [0.15, 0.2) is 18.2 Å². The Morgan fingerprint density at radius 3 is 2.56 bits per heavy atom. The van der Waals surface area contributed by atoms with E-state index in [0.29, 0.717) is 10.7 Å². The molecule has 0 aliphatic rings. The molecule has 0 bridgehead atoms. The summed E-state index contributed by atoms with van der Waals surface area (Å²) in [5.41, 5.74) is 8.77. The molecule has 0 unspecified atom stereocenters. The van der Waals surface area contributed by atoms with Gasteiger partial charge in [-0.25, -0.2) is 4.98 Å². The molecule has 0 aliphatic heterocycles. The number of nitrogens with one attached hydrogen (secondary N) is 1. The van der Waals surface area contributed by atoms with Gasteiger partial charge in [0.2, 0.25) is 0 Å². The van der Waals surface area contributed by atoms with E-state index in [4.69, 9.17) is 22.7 Å². The van der Waals surface area contributed by atoms with Crippen molar-refractivity contribution < 1.29 is 0 Å². The first-order valence-corrected chi connectivity index (χ1v) is 5.29. The number of fused-ring (bicyclic) bond motifs is 1. The van der Waals surface area contributed by atoms with Gasteiger partial charge < -0.3 is 5.73 Å². The predicted octanol–water partition coefficient (Wildman–Crippen LogP) is 2.79. The fourth-order valence-corrected chi connectivity index (χ4v) is 2.07. The predicted molar refractivity (Wildman–Crippen MR) is 67.2 cm³/mol. The minimum absolute atomic E-state index is 0.0651. The van der Waals surface area contributed by atoms with Crippen molar-refractivity contribution in [2.75, 3.05) is 0 Å². The van der Waals surface area contributed by atoms with Gasteiger partial charge in [0.15, 0.2) is 0 Å². The van der Waals surface area contributed by atoms with E-state index in [1.165, 1.54) is 0 Å². The van der Waals surface area contributed by atoms with E-state index >= 15 is 0 Å². The highest BCUT2D eigenvalue weighted by molar-refractivity contribution is 6.36. The second kappa shape index (κ2) is 3.76. The quantitative estimate of drug-likeness (QED) is 0.588. The molecule has 0 atom stereocenters. The summed E-state index contributed by atoms with van der Waals surface area (Å²) < 4.78 is 0. The lowest BCUT2D eigenvalue weighted by Gasteiger charge is -2.08. The molecule has 0 fully saturated rings. The summed E-state index contributed by atoms with van der Waals surface area (Å²) in [7, 11) is 0. The summed E-state index contributed by atoms with van der Waals surface area (Å²) in [6.07, 6.45) is 0. The topological polar surface area (TPSA) is 62.8 Å². The second-order valence-corrected chi connectivity index (χ2v) is 4.23. The summed E-state index contributed by atoms with van der Waals surface area (Å²) in [4.78, 5) is 4.36. The number of nitrogens with two attached hydrogens (primary N) is 1. The minimum atomic E-state index is -0.0651. The van der Waals surface area contributed by atoms with Gasteiger partial charge in [0.05, 0.1) is 10.5 Å². The van der Waals surface area contributed by atoms with Crippen molar-refractivity contribution in [3.63, 3.8) is 0 Å². The van der Waals surface area contributed by atoms with Crippen LogP contribution in [0.4, 0.5) is 0 Å². The van der Waals surface area contributed by atoms with Crippen LogP contribution in [0.25, 0.3) is 10.9 Å². The number of nitrogen functional groups attached to an aromatic ring is 1. The highest BCUT2D eigenvalue weighted by Gasteiger charge is 2.09. The lowest BCUT2D eigenvalue weighted by Crippen LogP contribution is -2.13. The summed E-state index contributed by atoms with van der Waals surface area (Å²) in [5.74, 6) is -0.0651. The first-order valence-electron chi connectivity index (χ1n) is 4.91. The number of pyridine rings is 1. The van der Waals surface area contributed by atoms with Gasteiger partial charge in [-0.1, -0.05) is 23.7 Å². The molecule has 3 nitrogen and oxygen atoms in total. The molecule has 0 amide bonds. The van der Waals surface area contributed by atoms with Crippen molar-refractivity contribution in [1.82, 2.24) is 4.98 Å². The van der Waals surface area contributed by atoms with Gasteiger partial charge in [0.25, 0.3) is 0 Å². The van der Waals surface area contributed by atoms with Crippen LogP contribution in [0, 0.1) is 19.3 Å². The molecule has 3 N–H and O–H groups in total. The fourth-order valence-electron chi connectivity index (χ4n) is 1.72. The Bertz CT molecular complexity index is 590. The van der Waals surface area contributed by atoms with E-state index in [-0.39, 0.29) is 5.84 Å². The molecule has 2 aromatic rings. The maximum Gasteiger partial charge on any atom is 0.141 e. The van der Waals surface area contributed by atoms with Crippen molar-refractivity contribution >= 4 is 28.3 Å². The Morgan fingerprint density at radius 2 is 1.94 bits per heavy atom. The molecule has 0 aliphatic carbocycles. The SMILES string of the molecule is Cc1ccc(C)c2c(Cl)cc(C(=N)N)nc12. The molecule has 1 heterocycles. The van der Waals surface area contributed by atoms with Crippen LogP contribution >= 0.6 is 11.6 Å². The van der Waals surface area contributed by atoms with E-state index in [1.54, 1.807) is 6.07 Å². The summed E-state index contributed by atoms with van der Waals surface area (Å²) in [6, 6.07) is 5.64. The third kappa shape index (κ3) is 1.63. The van der Waals surface area contributed by atoms with Crippen LogP contribution in [-0.4, -0.2) is 10.8 Å². The van der Waals surface area contributed by atoms with Crippen LogP contribution < -0.4 is 5.73 Å². The fraction of sp³-hybridized carbons (Fsp3) is 0.167. The molecule has 2 rings (SSSR count). The van der Waals surface area contributed by atoms with Crippen molar-refractivity contribution in [2.24, 2.45) is 5.73 Å². The van der Waals surface area contributed by atoms with Crippen LogP contribution in [-0.2, 0) is 0 Å². The van der Waals surface area contributed by atoms with Crippen LogP contribution in [0.5, 0.6) is 0 Å². The molecule has 1 aromatic carbocycles. The van der Waals surface area contributed by atoms with E-state index in [1.807, 2.05) is 26.0 Å². The Balaban J connectivity index is 2.92. The first kappa shape index (κ1) is 10.9.